The second kappa shape index (κ2) is 7.01. The molecule has 1 saturated heterocycles. The summed E-state index contributed by atoms with van der Waals surface area (Å²) < 4.78 is 0. The van der Waals surface area contributed by atoms with Crippen molar-refractivity contribution in [1.82, 2.24) is 20.8 Å². The number of carbonyl (C=O) groups is 2. The van der Waals surface area contributed by atoms with E-state index >= 15 is 0 Å². The van der Waals surface area contributed by atoms with Gasteiger partial charge in [-0.2, -0.15) is 0 Å². The van der Waals surface area contributed by atoms with E-state index in [9.17, 15) is 9.59 Å². The summed E-state index contributed by atoms with van der Waals surface area (Å²) in [4.78, 5) is 33.9. The molecule has 1 aromatic heterocycles. The van der Waals surface area contributed by atoms with Crippen molar-refractivity contribution in [2.24, 2.45) is 11.8 Å². The standard InChI is InChI=1S/C14H21N5O2/c1-10(2)12(20)17-18-13(21)11-4-8-19(9-5-11)14-15-6-3-7-16-14/h3,6-7,10-11H,4-5,8-9H2,1-2H3,(H,17,20)(H,18,21). The topological polar surface area (TPSA) is 87.2 Å². The van der Waals surface area contributed by atoms with Crippen LogP contribution in [0.2, 0.25) is 0 Å². The molecule has 0 aliphatic carbocycles. The quantitative estimate of drug-likeness (QED) is 0.792. The minimum absolute atomic E-state index is 0.0857. The Morgan fingerprint density at radius 2 is 1.81 bits per heavy atom. The van der Waals surface area contributed by atoms with Crippen molar-refractivity contribution in [2.75, 3.05) is 18.0 Å². The van der Waals surface area contributed by atoms with E-state index in [1.807, 2.05) is 0 Å². The van der Waals surface area contributed by atoms with Crippen LogP contribution in [0.25, 0.3) is 0 Å². The minimum atomic E-state index is -0.182. The summed E-state index contributed by atoms with van der Waals surface area (Å²) in [6, 6.07) is 1.78. The Balaban J connectivity index is 1.78. The van der Waals surface area contributed by atoms with E-state index in [2.05, 4.69) is 25.7 Å². The molecule has 0 spiro atoms. The van der Waals surface area contributed by atoms with Crippen molar-refractivity contribution in [3.05, 3.63) is 18.5 Å². The van der Waals surface area contributed by atoms with Gasteiger partial charge in [-0.1, -0.05) is 13.8 Å². The highest BCUT2D eigenvalue weighted by molar-refractivity contribution is 5.84. The van der Waals surface area contributed by atoms with Crippen molar-refractivity contribution in [1.29, 1.82) is 0 Å². The van der Waals surface area contributed by atoms with Crippen LogP contribution in [0.1, 0.15) is 26.7 Å². The van der Waals surface area contributed by atoms with E-state index < -0.39 is 0 Å². The van der Waals surface area contributed by atoms with Gasteiger partial charge in [-0.05, 0) is 18.9 Å². The highest BCUT2D eigenvalue weighted by Gasteiger charge is 2.26. The molecule has 114 valence electrons. The van der Waals surface area contributed by atoms with Gasteiger partial charge in [0, 0.05) is 37.3 Å². The van der Waals surface area contributed by atoms with E-state index in [1.54, 1.807) is 32.3 Å². The number of amides is 2. The molecule has 0 atom stereocenters. The first-order valence-electron chi connectivity index (χ1n) is 7.19. The van der Waals surface area contributed by atoms with Crippen molar-refractivity contribution in [2.45, 2.75) is 26.7 Å². The molecule has 1 aromatic rings. The number of rotatable bonds is 3. The second-order valence-electron chi connectivity index (χ2n) is 5.44. The number of nitrogens with one attached hydrogen (secondary N) is 2. The van der Waals surface area contributed by atoms with Crippen molar-refractivity contribution in [3.8, 4) is 0 Å². The predicted octanol–water partition coefficient (Wildman–Crippen LogP) is 0.496. The van der Waals surface area contributed by atoms with Gasteiger partial charge in [-0.25, -0.2) is 9.97 Å². The van der Waals surface area contributed by atoms with Crippen LogP contribution in [0.3, 0.4) is 0 Å². The Hall–Kier alpha value is -2.18. The zero-order chi connectivity index (χ0) is 15.2. The lowest BCUT2D eigenvalue weighted by molar-refractivity contribution is -0.132. The number of hydrogen-bond acceptors (Lipinski definition) is 5. The summed E-state index contributed by atoms with van der Waals surface area (Å²) in [7, 11) is 0. The van der Waals surface area contributed by atoms with Gasteiger partial charge in [0.15, 0.2) is 0 Å². The van der Waals surface area contributed by atoms with Crippen LogP contribution in [-0.4, -0.2) is 34.9 Å². The Bertz CT molecular complexity index is 483. The largest absolute Gasteiger partial charge is 0.341 e. The van der Waals surface area contributed by atoms with Gasteiger partial charge in [0.2, 0.25) is 17.8 Å². The lowest BCUT2D eigenvalue weighted by Gasteiger charge is -2.31. The van der Waals surface area contributed by atoms with Gasteiger partial charge in [0.05, 0.1) is 0 Å². The van der Waals surface area contributed by atoms with Crippen LogP contribution in [0, 0.1) is 11.8 Å². The Morgan fingerprint density at radius 3 is 2.38 bits per heavy atom. The molecule has 0 saturated carbocycles. The molecule has 1 fully saturated rings. The summed E-state index contributed by atoms with van der Waals surface area (Å²) in [5, 5.41) is 0. The lowest BCUT2D eigenvalue weighted by Crippen LogP contribution is -2.48. The zero-order valence-corrected chi connectivity index (χ0v) is 12.4. The first-order chi connectivity index (χ1) is 10.1. The van der Waals surface area contributed by atoms with Crippen molar-refractivity contribution in [3.63, 3.8) is 0 Å². The maximum absolute atomic E-state index is 12.0. The van der Waals surface area contributed by atoms with Crippen LogP contribution < -0.4 is 15.8 Å². The molecule has 1 aliphatic heterocycles. The molecular formula is C14H21N5O2. The van der Waals surface area contributed by atoms with Crippen LogP contribution in [0.4, 0.5) is 5.95 Å². The third-order valence-electron chi connectivity index (χ3n) is 3.53. The van der Waals surface area contributed by atoms with Crippen LogP contribution in [0.5, 0.6) is 0 Å². The second-order valence-corrected chi connectivity index (χ2v) is 5.44. The third-order valence-corrected chi connectivity index (χ3v) is 3.53. The molecular weight excluding hydrogens is 270 g/mol. The molecule has 0 unspecified atom stereocenters. The molecule has 1 aliphatic rings. The molecule has 0 aromatic carbocycles. The van der Waals surface area contributed by atoms with E-state index in [-0.39, 0.29) is 23.7 Å². The summed E-state index contributed by atoms with van der Waals surface area (Å²) in [6.45, 7) is 5.03. The smallest absolute Gasteiger partial charge is 0.241 e. The molecule has 2 rings (SSSR count). The van der Waals surface area contributed by atoms with E-state index in [0.717, 1.165) is 25.9 Å². The number of hydrazine groups is 1. The van der Waals surface area contributed by atoms with Crippen LogP contribution >= 0.6 is 0 Å². The predicted molar refractivity (Wildman–Crippen MR) is 78.1 cm³/mol. The number of carbonyl (C=O) groups excluding carboxylic acids is 2. The van der Waals surface area contributed by atoms with Gasteiger partial charge in [-0.3, -0.25) is 20.4 Å². The van der Waals surface area contributed by atoms with Gasteiger partial charge < -0.3 is 4.90 Å². The van der Waals surface area contributed by atoms with E-state index in [0.29, 0.717) is 5.95 Å². The van der Waals surface area contributed by atoms with Gasteiger partial charge in [0.1, 0.15) is 0 Å². The zero-order valence-electron chi connectivity index (χ0n) is 12.4. The summed E-state index contributed by atoms with van der Waals surface area (Å²) in [5.74, 6) is 0.153. The maximum Gasteiger partial charge on any atom is 0.241 e. The van der Waals surface area contributed by atoms with Gasteiger partial charge in [0.25, 0.3) is 0 Å². The monoisotopic (exact) mass is 291 g/mol. The fraction of sp³-hybridized carbons (Fsp3) is 0.571. The molecule has 2 heterocycles. The van der Waals surface area contributed by atoms with Crippen LogP contribution in [-0.2, 0) is 9.59 Å². The summed E-state index contributed by atoms with van der Waals surface area (Å²) >= 11 is 0. The Labute approximate surface area is 124 Å². The van der Waals surface area contributed by atoms with E-state index in [4.69, 9.17) is 0 Å². The number of anilines is 1. The maximum atomic E-state index is 12.0. The average Bonchev–Trinajstić information content (AvgIpc) is 2.53. The number of aromatic nitrogens is 2. The number of piperidine rings is 1. The summed E-state index contributed by atoms with van der Waals surface area (Å²) in [6.07, 6.45) is 4.87. The fourth-order valence-electron chi connectivity index (χ4n) is 2.17. The minimum Gasteiger partial charge on any atom is -0.341 e. The molecule has 2 amide bonds. The Kier molecular flexibility index (Phi) is 5.08. The fourth-order valence-corrected chi connectivity index (χ4v) is 2.17. The first kappa shape index (κ1) is 15.2. The molecule has 2 N–H and O–H groups in total. The van der Waals surface area contributed by atoms with E-state index in [1.165, 1.54) is 0 Å². The highest BCUT2D eigenvalue weighted by Crippen LogP contribution is 2.20. The lowest BCUT2D eigenvalue weighted by atomic mass is 9.96. The number of nitrogens with zero attached hydrogens (tertiary/aromatic N) is 3. The third kappa shape index (κ3) is 4.14. The molecule has 21 heavy (non-hydrogen) atoms. The molecule has 7 heteroatoms. The number of hydrogen-bond donors (Lipinski definition) is 2. The summed E-state index contributed by atoms with van der Waals surface area (Å²) in [5.41, 5.74) is 4.95. The normalized spacial score (nSPS) is 15.9. The Morgan fingerprint density at radius 1 is 1.19 bits per heavy atom. The van der Waals surface area contributed by atoms with Crippen molar-refractivity contribution >= 4 is 17.8 Å². The SMILES string of the molecule is CC(C)C(=O)NNC(=O)C1CCN(c2ncccn2)CC1. The van der Waals surface area contributed by atoms with Gasteiger partial charge in [-0.15, -0.1) is 0 Å². The molecule has 0 radical (unpaired) electrons. The van der Waals surface area contributed by atoms with Crippen LogP contribution in [0.15, 0.2) is 18.5 Å². The highest BCUT2D eigenvalue weighted by atomic mass is 16.2. The molecule has 7 nitrogen and oxygen atoms in total. The first-order valence-corrected chi connectivity index (χ1v) is 7.19. The molecule has 0 bridgehead atoms. The van der Waals surface area contributed by atoms with Crippen molar-refractivity contribution < 1.29 is 9.59 Å². The average molecular weight is 291 g/mol. The van der Waals surface area contributed by atoms with Gasteiger partial charge >= 0.3 is 0 Å².